The van der Waals surface area contributed by atoms with Gasteiger partial charge in [0.05, 0.1) is 0 Å². The molecular formula is C10H19NO. The molecule has 2 fully saturated rings. The summed E-state index contributed by atoms with van der Waals surface area (Å²) in [6.45, 7) is 0. The maximum absolute atomic E-state index is 11.1. The number of nitrogens with one attached hydrogen (secondary N) is 1. The maximum Gasteiger partial charge on any atom is 0.220 e. The molecule has 1 aliphatic heterocycles. The fourth-order valence-corrected chi connectivity index (χ4v) is 2.32. The third-order valence-corrected chi connectivity index (χ3v) is 2.93. The first-order valence-electron chi connectivity index (χ1n) is 4.64. The van der Waals surface area contributed by atoms with Crippen molar-refractivity contribution in [2.24, 2.45) is 5.92 Å². The van der Waals surface area contributed by atoms with E-state index in [9.17, 15) is 4.79 Å². The van der Waals surface area contributed by atoms with Crippen LogP contribution in [0.3, 0.4) is 0 Å². The van der Waals surface area contributed by atoms with E-state index in [1.165, 1.54) is 25.7 Å². The van der Waals surface area contributed by atoms with Gasteiger partial charge in [-0.3, -0.25) is 4.79 Å². The average molecular weight is 169 g/mol. The molecule has 1 heterocycles. The van der Waals surface area contributed by atoms with Crippen LogP contribution < -0.4 is 5.32 Å². The van der Waals surface area contributed by atoms with Crippen LogP contribution in [0.25, 0.3) is 0 Å². The fraction of sp³-hybridized carbons (Fsp3) is 0.900. The van der Waals surface area contributed by atoms with E-state index in [0.717, 1.165) is 18.8 Å². The molecule has 1 N–H and O–H groups in total. The van der Waals surface area contributed by atoms with Crippen molar-refractivity contribution < 1.29 is 4.79 Å². The van der Waals surface area contributed by atoms with Gasteiger partial charge in [0.15, 0.2) is 0 Å². The van der Waals surface area contributed by atoms with Crippen LogP contribution in [0.1, 0.15) is 46.0 Å². The Kier molecular flexibility index (Phi) is 3.12. The molecule has 0 aromatic carbocycles. The lowest BCUT2D eigenvalue weighted by atomic mass is 9.85. The molecule has 12 heavy (non-hydrogen) atoms. The summed E-state index contributed by atoms with van der Waals surface area (Å²) < 4.78 is 0. The number of rotatable bonds is 0. The van der Waals surface area contributed by atoms with E-state index in [0.29, 0.717) is 6.04 Å². The maximum atomic E-state index is 11.1. The molecular weight excluding hydrogens is 150 g/mol. The van der Waals surface area contributed by atoms with Crippen molar-refractivity contribution in [2.75, 3.05) is 0 Å². The summed E-state index contributed by atoms with van der Waals surface area (Å²) in [6.07, 6.45) is 7.01. The predicted octanol–water partition coefficient (Wildman–Crippen LogP) is 2.09. The van der Waals surface area contributed by atoms with Crippen LogP contribution in [-0.4, -0.2) is 11.9 Å². The molecule has 1 saturated carbocycles. The summed E-state index contributed by atoms with van der Waals surface area (Å²) >= 11 is 0. The minimum atomic E-state index is 0. The number of amides is 1. The molecule has 1 saturated heterocycles. The van der Waals surface area contributed by atoms with Crippen molar-refractivity contribution in [3.63, 3.8) is 0 Å². The molecule has 1 amide bonds. The Balaban J connectivity index is 0.000000720. The second-order valence-electron chi connectivity index (χ2n) is 3.84. The first kappa shape index (κ1) is 9.56. The zero-order valence-corrected chi connectivity index (χ0v) is 6.81. The summed E-state index contributed by atoms with van der Waals surface area (Å²) in [6, 6.07) is 0.517. The molecule has 0 aromatic rings. The van der Waals surface area contributed by atoms with Gasteiger partial charge < -0.3 is 5.32 Å². The van der Waals surface area contributed by atoms with Crippen molar-refractivity contribution >= 4 is 5.91 Å². The van der Waals surface area contributed by atoms with Gasteiger partial charge in [-0.15, -0.1) is 0 Å². The van der Waals surface area contributed by atoms with E-state index in [4.69, 9.17) is 0 Å². The van der Waals surface area contributed by atoms with Gasteiger partial charge in [-0.1, -0.05) is 20.3 Å². The zero-order chi connectivity index (χ0) is 7.68. The molecule has 70 valence electrons. The molecule has 2 aliphatic rings. The van der Waals surface area contributed by atoms with Gasteiger partial charge in [0.25, 0.3) is 0 Å². The molecule has 2 unspecified atom stereocenters. The van der Waals surface area contributed by atoms with Gasteiger partial charge >= 0.3 is 0 Å². The van der Waals surface area contributed by atoms with Crippen molar-refractivity contribution in [2.45, 2.75) is 52.0 Å². The minimum absolute atomic E-state index is 0. The van der Waals surface area contributed by atoms with Gasteiger partial charge in [0, 0.05) is 12.5 Å². The van der Waals surface area contributed by atoms with Gasteiger partial charge in [-0.2, -0.15) is 0 Å². The number of fused-ring (bicyclic) bond motifs is 2. The molecule has 2 rings (SSSR count). The van der Waals surface area contributed by atoms with Crippen LogP contribution in [0, 0.1) is 5.92 Å². The molecule has 1 aliphatic carbocycles. The van der Waals surface area contributed by atoms with Crippen LogP contribution in [0.2, 0.25) is 0 Å². The Morgan fingerprint density at radius 3 is 2.92 bits per heavy atom. The third-order valence-electron chi connectivity index (χ3n) is 2.93. The van der Waals surface area contributed by atoms with Crippen LogP contribution >= 0.6 is 0 Å². The van der Waals surface area contributed by atoms with Crippen molar-refractivity contribution in [1.82, 2.24) is 5.32 Å². The summed E-state index contributed by atoms with van der Waals surface area (Å²) in [4.78, 5) is 11.1. The number of carbonyl (C=O) groups excluding carboxylic acids is 1. The Morgan fingerprint density at radius 2 is 2.08 bits per heavy atom. The topological polar surface area (TPSA) is 29.1 Å². The quantitative estimate of drug-likeness (QED) is 0.591. The fourth-order valence-electron chi connectivity index (χ4n) is 2.32. The van der Waals surface area contributed by atoms with Crippen LogP contribution in [-0.2, 0) is 4.79 Å². The number of hydrogen-bond acceptors (Lipinski definition) is 1. The third kappa shape index (κ3) is 1.99. The lowest BCUT2D eigenvalue weighted by molar-refractivity contribution is -0.121. The summed E-state index contributed by atoms with van der Waals surface area (Å²) in [5.41, 5.74) is 0. The zero-order valence-electron chi connectivity index (χ0n) is 6.81. The number of hydrogen-bond donors (Lipinski definition) is 1. The number of carbonyl (C=O) groups is 1. The SMILES string of the molecule is C.O=C1CCC2CCCC(C2)N1. The van der Waals surface area contributed by atoms with Gasteiger partial charge in [-0.25, -0.2) is 0 Å². The summed E-state index contributed by atoms with van der Waals surface area (Å²) in [7, 11) is 0. The Hall–Kier alpha value is -0.530. The van der Waals surface area contributed by atoms with E-state index >= 15 is 0 Å². The summed E-state index contributed by atoms with van der Waals surface area (Å²) in [5.74, 6) is 1.12. The lowest BCUT2D eigenvalue weighted by Gasteiger charge is -2.25. The van der Waals surface area contributed by atoms with E-state index < -0.39 is 0 Å². The molecule has 0 spiro atoms. The standard InChI is InChI=1S/C9H15NO.CH4/c11-9-5-4-7-2-1-3-8(6-7)10-9;/h7-8H,1-6H2,(H,10,11);1H4. The first-order chi connectivity index (χ1) is 5.34. The largest absolute Gasteiger partial charge is 0.353 e. The van der Waals surface area contributed by atoms with Crippen LogP contribution in [0.4, 0.5) is 0 Å². The van der Waals surface area contributed by atoms with Crippen molar-refractivity contribution in [1.29, 1.82) is 0 Å². The van der Waals surface area contributed by atoms with Gasteiger partial charge in [0.2, 0.25) is 5.91 Å². The monoisotopic (exact) mass is 169 g/mol. The van der Waals surface area contributed by atoms with Crippen LogP contribution in [0.15, 0.2) is 0 Å². The highest BCUT2D eigenvalue weighted by Crippen LogP contribution is 2.29. The molecule has 0 radical (unpaired) electrons. The predicted molar refractivity (Wildman–Crippen MR) is 49.9 cm³/mol. The van der Waals surface area contributed by atoms with Crippen LogP contribution in [0.5, 0.6) is 0 Å². The van der Waals surface area contributed by atoms with E-state index in [1.807, 2.05) is 0 Å². The first-order valence-corrected chi connectivity index (χ1v) is 4.64. The Labute approximate surface area is 74.7 Å². The van der Waals surface area contributed by atoms with Crippen molar-refractivity contribution in [3.05, 3.63) is 0 Å². The molecule has 2 bridgehead atoms. The Bertz CT molecular complexity index is 167. The second-order valence-corrected chi connectivity index (χ2v) is 3.84. The van der Waals surface area contributed by atoms with Gasteiger partial charge in [0.1, 0.15) is 0 Å². The van der Waals surface area contributed by atoms with E-state index in [-0.39, 0.29) is 13.3 Å². The molecule has 2 nitrogen and oxygen atoms in total. The second kappa shape index (κ2) is 3.92. The van der Waals surface area contributed by atoms with Crippen molar-refractivity contribution in [3.8, 4) is 0 Å². The highest BCUT2D eigenvalue weighted by Gasteiger charge is 2.26. The highest BCUT2D eigenvalue weighted by molar-refractivity contribution is 5.76. The smallest absolute Gasteiger partial charge is 0.220 e. The summed E-state index contributed by atoms with van der Waals surface area (Å²) in [5, 5.41) is 3.07. The highest BCUT2D eigenvalue weighted by atomic mass is 16.1. The average Bonchev–Trinajstić information content (AvgIpc) is 2.12. The van der Waals surface area contributed by atoms with Gasteiger partial charge in [-0.05, 0) is 25.2 Å². The molecule has 2 heteroatoms. The lowest BCUT2D eigenvalue weighted by Crippen LogP contribution is -2.34. The van der Waals surface area contributed by atoms with E-state index in [2.05, 4.69) is 5.32 Å². The Morgan fingerprint density at radius 1 is 1.25 bits per heavy atom. The minimum Gasteiger partial charge on any atom is -0.353 e. The van der Waals surface area contributed by atoms with E-state index in [1.54, 1.807) is 0 Å². The molecule has 0 aromatic heterocycles. The normalized spacial score (nSPS) is 34.5. The molecule has 2 atom stereocenters.